The van der Waals surface area contributed by atoms with Crippen LogP contribution in [-0.4, -0.2) is 18.3 Å². The van der Waals surface area contributed by atoms with Gasteiger partial charge in [-0.05, 0) is 36.6 Å². The zero-order chi connectivity index (χ0) is 12.3. The molecule has 0 amide bonds. The summed E-state index contributed by atoms with van der Waals surface area (Å²) >= 11 is 0. The van der Waals surface area contributed by atoms with Crippen molar-refractivity contribution in [3.63, 3.8) is 0 Å². The van der Waals surface area contributed by atoms with Gasteiger partial charge in [-0.3, -0.25) is 0 Å². The van der Waals surface area contributed by atoms with E-state index in [1.54, 1.807) is 0 Å². The van der Waals surface area contributed by atoms with E-state index in [2.05, 4.69) is 6.58 Å². The lowest BCUT2D eigenvalue weighted by molar-refractivity contribution is 0.147. The largest absolute Gasteiger partial charge is 0.498 e. The molecule has 0 aromatic heterocycles. The van der Waals surface area contributed by atoms with E-state index in [1.165, 1.54) is 0 Å². The predicted octanol–water partition coefficient (Wildman–Crippen LogP) is 2.28. The zero-order valence-electron chi connectivity index (χ0n) is 10.1. The molecular formula is C14H18O3. The summed E-state index contributed by atoms with van der Waals surface area (Å²) in [6.07, 6.45) is 0.863. The van der Waals surface area contributed by atoms with Crippen LogP contribution < -0.4 is 4.74 Å². The molecule has 1 aromatic rings. The Bertz CT molecular complexity index is 412. The molecule has 1 aromatic carbocycles. The molecule has 1 unspecified atom stereocenters. The Morgan fingerprint density at radius 1 is 1.59 bits per heavy atom. The maximum atomic E-state index is 9.12. The molecule has 0 spiro atoms. The van der Waals surface area contributed by atoms with E-state index in [9.17, 15) is 0 Å². The van der Waals surface area contributed by atoms with Crippen molar-refractivity contribution in [1.29, 1.82) is 0 Å². The van der Waals surface area contributed by atoms with Crippen molar-refractivity contribution in [2.24, 2.45) is 5.92 Å². The summed E-state index contributed by atoms with van der Waals surface area (Å²) in [6, 6.07) is 5.79. The summed E-state index contributed by atoms with van der Waals surface area (Å²) in [5.74, 6) is 1.90. The molecule has 1 atom stereocenters. The molecule has 1 aliphatic heterocycles. The van der Waals surface area contributed by atoms with Crippen LogP contribution in [0.3, 0.4) is 0 Å². The van der Waals surface area contributed by atoms with Crippen LogP contribution in [0.15, 0.2) is 30.5 Å². The van der Waals surface area contributed by atoms with Gasteiger partial charge in [0, 0.05) is 0 Å². The van der Waals surface area contributed by atoms with Gasteiger partial charge in [-0.15, -0.1) is 0 Å². The Morgan fingerprint density at radius 3 is 3.12 bits per heavy atom. The van der Waals surface area contributed by atoms with Gasteiger partial charge >= 0.3 is 0 Å². The SMILES string of the molecule is C=C(OCC)C1COc2ccc(CO)cc2C1. The van der Waals surface area contributed by atoms with Gasteiger partial charge in [0.05, 0.1) is 31.5 Å². The summed E-state index contributed by atoms with van der Waals surface area (Å²) in [7, 11) is 0. The predicted molar refractivity (Wildman–Crippen MR) is 65.8 cm³/mol. The molecule has 0 fully saturated rings. The van der Waals surface area contributed by atoms with E-state index in [0.717, 1.165) is 29.1 Å². The first-order chi connectivity index (χ1) is 8.24. The van der Waals surface area contributed by atoms with Crippen LogP contribution in [0.1, 0.15) is 18.1 Å². The summed E-state index contributed by atoms with van der Waals surface area (Å²) in [5.41, 5.74) is 2.03. The van der Waals surface area contributed by atoms with E-state index < -0.39 is 0 Å². The number of benzene rings is 1. The van der Waals surface area contributed by atoms with Crippen molar-refractivity contribution >= 4 is 0 Å². The third kappa shape index (κ3) is 2.61. The number of fused-ring (bicyclic) bond motifs is 1. The third-order valence-corrected chi connectivity index (χ3v) is 3.00. The Kier molecular flexibility index (Phi) is 3.69. The van der Waals surface area contributed by atoms with Gasteiger partial charge in [0.15, 0.2) is 0 Å². The first kappa shape index (κ1) is 12.0. The summed E-state index contributed by atoms with van der Waals surface area (Å²) in [5, 5.41) is 9.12. The number of ether oxygens (including phenoxy) is 2. The maximum Gasteiger partial charge on any atom is 0.122 e. The van der Waals surface area contributed by atoms with Crippen LogP contribution in [0.2, 0.25) is 0 Å². The lowest BCUT2D eigenvalue weighted by Gasteiger charge is -2.26. The molecule has 3 heteroatoms. The molecule has 3 nitrogen and oxygen atoms in total. The van der Waals surface area contributed by atoms with Crippen molar-refractivity contribution in [2.45, 2.75) is 20.0 Å². The fourth-order valence-electron chi connectivity index (χ4n) is 2.06. The molecule has 0 saturated carbocycles. The van der Waals surface area contributed by atoms with Crippen LogP contribution >= 0.6 is 0 Å². The number of rotatable bonds is 4. The van der Waals surface area contributed by atoms with Crippen molar-refractivity contribution in [1.82, 2.24) is 0 Å². The van der Waals surface area contributed by atoms with E-state index in [4.69, 9.17) is 14.6 Å². The standard InChI is InChI=1S/C14H18O3/c1-3-16-10(2)13-7-12-6-11(8-15)4-5-14(12)17-9-13/h4-6,13,15H,2-3,7-9H2,1H3. The van der Waals surface area contributed by atoms with Crippen molar-refractivity contribution in [2.75, 3.05) is 13.2 Å². The number of hydrogen-bond acceptors (Lipinski definition) is 3. The van der Waals surface area contributed by atoms with Gasteiger partial charge < -0.3 is 14.6 Å². The van der Waals surface area contributed by atoms with Gasteiger partial charge in [-0.25, -0.2) is 0 Å². The van der Waals surface area contributed by atoms with Gasteiger partial charge in [-0.2, -0.15) is 0 Å². The van der Waals surface area contributed by atoms with Crippen molar-refractivity contribution < 1.29 is 14.6 Å². The number of aliphatic hydroxyl groups is 1. The van der Waals surface area contributed by atoms with E-state index in [0.29, 0.717) is 13.2 Å². The van der Waals surface area contributed by atoms with Crippen LogP contribution in [0.5, 0.6) is 5.75 Å². The van der Waals surface area contributed by atoms with Gasteiger partial charge in [0.1, 0.15) is 5.75 Å². The average Bonchev–Trinajstić information content (AvgIpc) is 2.37. The second kappa shape index (κ2) is 5.23. The minimum absolute atomic E-state index is 0.0599. The molecular weight excluding hydrogens is 216 g/mol. The minimum atomic E-state index is 0.0599. The van der Waals surface area contributed by atoms with Crippen molar-refractivity contribution in [3.05, 3.63) is 41.7 Å². The second-order valence-electron chi connectivity index (χ2n) is 4.21. The maximum absolute atomic E-state index is 9.12. The fourth-order valence-corrected chi connectivity index (χ4v) is 2.06. The summed E-state index contributed by atoms with van der Waals surface area (Å²) < 4.78 is 11.1. The third-order valence-electron chi connectivity index (χ3n) is 3.00. The van der Waals surface area contributed by atoms with E-state index >= 15 is 0 Å². The Balaban J connectivity index is 2.14. The van der Waals surface area contributed by atoms with Gasteiger partial charge in [0.2, 0.25) is 0 Å². The molecule has 1 aliphatic rings. The highest BCUT2D eigenvalue weighted by Crippen LogP contribution is 2.31. The number of hydrogen-bond donors (Lipinski definition) is 1. The van der Waals surface area contributed by atoms with Gasteiger partial charge in [-0.1, -0.05) is 12.6 Å². The highest BCUT2D eigenvalue weighted by atomic mass is 16.5. The first-order valence-corrected chi connectivity index (χ1v) is 5.91. The minimum Gasteiger partial charge on any atom is -0.498 e. The quantitative estimate of drug-likeness (QED) is 0.812. The van der Waals surface area contributed by atoms with Crippen LogP contribution in [0, 0.1) is 5.92 Å². The molecule has 1 N–H and O–H groups in total. The lowest BCUT2D eigenvalue weighted by Crippen LogP contribution is -2.23. The molecule has 0 radical (unpaired) electrons. The van der Waals surface area contributed by atoms with Crippen LogP contribution in [0.25, 0.3) is 0 Å². The molecule has 2 rings (SSSR count). The Labute approximate surface area is 102 Å². The molecule has 0 saturated heterocycles. The van der Waals surface area contributed by atoms with Crippen molar-refractivity contribution in [3.8, 4) is 5.75 Å². The Hall–Kier alpha value is -1.48. The fraction of sp³-hybridized carbons (Fsp3) is 0.429. The smallest absolute Gasteiger partial charge is 0.122 e. The zero-order valence-corrected chi connectivity index (χ0v) is 10.1. The lowest BCUT2D eigenvalue weighted by atomic mass is 9.94. The highest BCUT2D eigenvalue weighted by molar-refractivity contribution is 5.39. The number of aliphatic hydroxyl groups excluding tert-OH is 1. The van der Waals surface area contributed by atoms with E-state index in [-0.39, 0.29) is 12.5 Å². The highest BCUT2D eigenvalue weighted by Gasteiger charge is 2.23. The molecule has 1 heterocycles. The topological polar surface area (TPSA) is 38.7 Å². The normalized spacial score (nSPS) is 18.1. The molecule has 92 valence electrons. The van der Waals surface area contributed by atoms with Gasteiger partial charge in [0.25, 0.3) is 0 Å². The molecule has 0 aliphatic carbocycles. The summed E-state index contributed by atoms with van der Waals surface area (Å²) in [4.78, 5) is 0. The monoisotopic (exact) mass is 234 g/mol. The van der Waals surface area contributed by atoms with Crippen LogP contribution in [0.4, 0.5) is 0 Å². The average molecular weight is 234 g/mol. The second-order valence-corrected chi connectivity index (χ2v) is 4.21. The molecule has 17 heavy (non-hydrogen) atoms. The van der Waals surface area contributed by atoms with E-state index in [1.807, 2.05) is 25.1 Å². The first-order valence-electron chi connectivity index (χ1n) is 5.91. The summed E-state index contributed by atoms with van der Waals surface area (Å²) in [6.45, 7) is 7.20. The van der Waals surface area contributed by atoms with Crippen LogP contribution in [-0.2, 0) is 17.8 Å². The Morgan fingerprint density at radius 2 is 2.41 bits per heavy atom. The molecule has 0 bridgehead atoms.